The molecule has 176 valence electrons. The van der Waals surface area contributed by atoms with Crippen LogP contribution < -0.4 is 22.5 Å². The van der Waals surface area contributed by atoms with Crippen LogP contribution in [0.5, 0.6) is 0 Å². The van der Waals surface area contributed by atoms with Gasteiger partial charge in [0.05, 0.1) is 17.8 Å². The number of pyridine rings is 1. The van der Waals surface area contributed by atoms with E-state index in [1.165, 1.54) is 10.1 Å². The Hall–Kier alpha value is -4.46. The second-order valence-corrected chi connectivity index (χ2v) is 8.80. The molecule has 5 rings (SSSR count). The molecule has 5 N–H and O–H groups in total. The molecule has 1 aliphatic rings. The Balaban J connectivity index is 1.51. The van der Waals surface area contributed by atoms with Gasteiger partial charge in [-0.05, 0) is 79.3 Å². The van der Waals surface area contributed by atoms with E-state index < -0.39 is 5.69 Å². The molecule has 0 bridgehead atoms. The van der Waals surface area contributed by atoms with Crippen molar-refractivity contribution in [3.63, 3.8) is 0 Å². The maximum Gasteiger partial charge on any atom is 0.354 e. The Labute approximate surface area is 202 Å². The standard InChI is InChI=1S/C27H26N6O2/c1-16-12-19(9-8-17(16)14-26(29)34)30-24-15-23(31-22-7-3-6-21(22)24)18-4-2-5-20(13-18)33-11-10-25(28)32-27(33)35/h2,4-5,8-13,15H,3,6-7,14H2,1H3,(H2,29,34)(H,30,31)(H2,28,32,35). The first-order chi connectivity index (χ1) is 16.9. The average Bonchev–Trinajstić information content (AvgIpc) is 3.30. The summed E-state index contributed by atoms with van der Waals surface area (Å²) in [6.45, 7) is 1.98. The lowest BCUT2D eigenvalue weighted by Gasteiger charge is -2.15. The summed E-state index contributed by atoms with van der Waals surface area (Å²) >= 11 is 0. The highest BCUT2D eigenvalue weighted by atomic mass is 16.1. The maximum absolute atomic E-state index is 12.3. The molecule has 0 radical (unpaired) electrons. The lowest BCUT2D eigenvalue weighted by atomic mass is 10.0. The summed E-state index contributed by atoms with van der Waals surface area (Å²) in [5, 5.41) is 3.56. The van der Waals surface area contributed by atoms with Crippen molar-refractivity contribution in [1.82, 2.24) is 14.5 Å². The van der Waals surface area contributed by atoms with E-state index in [-0.39, 0.29) is 18.1 Å². The van der Waals surface area contributed by atoms with E-state index in [1.54, 1.807) is 12.3 Å². The summed E-state index contributed by atoms with van der Waals surface area (Å²) < 4.78 is 1.46. The minimum absolute atomic E-state index is 0.191. The summed E-state index contributed by atoms with van der Waals surface area (Å²) in [5.41, 5.74) is 19.2. The molecule has 8 nitrogen and oxygen atoms in total. The van der Waals surface area contributed by atoms with Crippen LogP contribution in [-0.4, -0.2) is 20.4 Å². The number of hydrogen-bond acceptors (Lipinski definition) is 6. The lowest BCUT2D eigenvalue weighted by Crippen LogP contribution is -2.21. The average molecular weight is 467 g/mol. The molecule has 1 aliphatic carbocycles. The SMILES string of the molecule is Cc1cc(Nc2cc(-c3cccc(-n4ccc(N)nc4=O)c3)nc3c2CCC3)ccc1CC(N)=O. The Bertz CT molecular complexity index is 1510. The Morgan fingerprint density at radius 3 is 2.71 bits per heavy atom. The van der Waals surface area contributed by atoms with Gasteiger partial charge < -0.3 is 16.8 Å². The van der Waals surface area contributed by atoms with Gasteiger partial charge in [-0.25, -0.2) is 4.79 Å². The molecule has 0 aliphatic heterocycles. The first kappa shape index (κ1) is 22.3. The van der Waals surface area contributed by atoms with Gasteiger partial charge in [-0.2, -0.15) is 4.98 Å². The molecule has 0 spiro atoms. The number of benzene rings is 2. The maximum atomic E-state index is 12.3. The number of aryl methyl sites for hydroxylation is 2. The second kappa shape index (κ2) is 9.06. The van der Waals surface area contributed by atoms with Crippen molar-refractivity contribution in [3.8, 4) is 16.9 Å². The van der Waals surface area contributed by atoms with Gasteiger partial charge in [0.1, 0.15) is 5.82 Å². The summed E-state index contributed by atoms with van der Waals surface area (Å²) in [6.07, 6.45) is 4.80. The van der Waals surface area contributed by atoms with Crippen LogP contribution in [0, 0.1) is 6.92 Å². The monoisotopic (exact) mass is 466 g/mol. The van der Waals surface area contributed by atoms with Crippen molar-refractivity contribution in [2.24, 2.45) is 5.73 Å². The van der Waals surface area contributed by atoms with Crippen LogP contribution in [0.15, 0.2) is 65.6 Å². The molecule has 1 amide bonds. The van der Waals surface area contributed by atoms with Crippen LogP contribution >= 0.6 is 0 Å². The summed E-state index contributed by atoms with van der Waals surface area (Å²) in [6, 6.07) is 17.2. The lowest BCUT2D eigenvalue weighted by molar-refractivity contribution is -0.117. The Kier molecular flexibility index (Phi) is 5.78. The Morgan fingerprint density at radius 2 is 1.94 bits per heavy atom. The molecule has 0 atom stereocenters. The molecule has 35 heavy (non-hydrogen) atoms. The molecule has 2 aromatic heterocycles. The number of nitrogens with one attached hydrogen (secondary N) is 1. The van der Waals surface area contributed by atoms with E-state index in [2.05, 4.69) is 16.4 Å². The fourth-order valence-corrected chi connectivity index (χ4v) is 4.55. The van der Waals surface area contributed by atoms with E-state index >= 15 is 0 Å². The van der Waals surface area contributed by atoms with Crippen molar-refractivity contribution in [2.75, 3.05) is 11.1 Å². The molecule has 0 saturated carbocycles. The van der Waals surface area contributed by atoms with Crippen molar-refractivity contribution in [1.29, 1.82) is 0 Å². The normalized spacial score (nSPS) is 12.4. The number of nitrogens with two attached hydrogens (primary N) is 2. The summed E-state index contributed by atoms with van der Waals surface area (Å²) in [4.78, 5) is 32.4. The van der Waals surface area contributed by atoms with Gasteiger partial charge >= 0.3 is 5.69 Å². The largest absolute Gasteiger partial charge is 0.383 e. The van der Waals surface area contributed by atoms with E-state index in [0.29, 0.717) is 5.69 Å². The summed E-state index contributed by atoms with van der Waals surface area (Å²) in [7, 11) is 0. The van der Waals surface area contributed by atoms with Gasteiger partial charge in [0, 0.05) is 28.8 Å². The van der Waals surface area contributed by atoms with Gasteiger partial charge in [0.15, 0.2) is 0 Å². The molecule has 8 heteroatoms. The number of hydrogen-bond donors (Lipinski definition) is 3. The smallest absolute Gasteiger partial charge is 0.354 e. The highest BCUT2D eigenvalue weighted by molar-refractivity contribution is 5.78. The number of amides is 1. The van der Waals surface area contributed by atoms with E-state index in [0.717, 1.165) is 58.7 Å². The quantitative estimate of drug-likeness (QED) is 0.399. The van der Waals surface area contributed by atoms with Crippen LogP contribution in [0.2, 0.25) is 0 Å². The number of nitrogens with zero attached hydrogens (tertiary/aromatic N) is 3. The van der Waals surface area contributed by atoms with Crippen molar-refractivity contribution < 1.29 is 4.79 Å². The zero-order valence-electron chi connectivity index (χ0n) is 19.4. The Morgan fingerprint density at radius 1 is 1.09 bits per heavy atom. The van der Waals surface area contributed by atoms with Crippen molar-refractivity contribution in [2.45, 2.75) is 32.6 Å². The third kappa shape index (κ3) is 4.63. The van der Waals surface area contributed by atoms with Crippen LogP contribution in [-0.2, 0) is 24.1 Å². The van der Waals surface area contributed by atoms with Crippen LogP contribution in [0.4, 0.5) is 17.2 Å². The topological polar surface area (TPSA) is 129 Å². The molecule has 4 aromatic rings. The fraction of sp³-hybridized carbons (Fsp3) is 0.185. The predicted octanol–water partition coefficient (Wildman–Crippen LogP) is 3.45. The number of aromatic nitrogens is 3. The number of rotatable bonds is 6. The van der Waals surface area contributed by atoms with Gasteiger partial charge in [0.2, 0.25) is 5.91 Å². The number of carbonyl (C=O) groups excluding carboxylic acids is 1. The third-order valence-electron chi connectivity index (χ3n) is 6.28. The van der Waals surface area contributed by atoms with E-state index in [4.69, 9.17) is 16.5 Å². The fourth-order valence-electron chi connectivity index (χ4n) is 4.55. The first-order valence-corrected chi connectivity index (χ1v) is 11.5. The summed E-state index contributed by atoms with van der Waals surface area (Å²) in [5.74, 6) is -0.152. The zero-order chi connectivity index (χ0) is 24.5. The number of nitrogen functional groups attached to an aromatic ring is 1. The molecular weight excluding hydrogens is 440 g/mol. The van der Waals surface area contributed by atoms with Crippen LogP contribution in [0.3, 0.4) is 0 Å². The van der Waals surface area contributed by atoms with Crippen LogP contribution in [0.25, 0.3) is 16.9 Å². The molecule has 0 fully saturated rings. The van der Waals surface area contributed by atoms with E-state index in [9.17, 15) is 9.59 Å². The number of primary amides is 1. The number of carbonyl (C=O) groups is 1. The minimum atomic E-state index is -0.429. The van der Waals surface area contributed by atoms with Crippen molar-refractivity contribution in [3.05, 3.63) is 93.7 Å². The predicted molar refractivity (Wildman–Crippen MR) is 137 cm³/mol. The van der Waals surface area contributed by atoms with Crippen molar-refractivity contribution >= 4 is 23.1 Å². The molecule has 2 heterocycles. The molecule has 0 unspecified atom stereocenters. The molecule has 2 aromatic carbocycles. The molecule has 0 saturated heterocycles. The second-order valence-electron chi connectivity index (χ2n) is 8.80. The van der Waals surface area contributed by atoms with Gasteiger partial charge in [-0.1, -0.05) is 18.2 Å². The highest BCUT2D eigenvalue weighted by Crippen LogP contribution is 2.34. The van der Waals surface area contributed by atoms with Crippen LogP contribution in [0.1, 0.15) is 28.8 Å². The highest BCUT2D eigenvalue weighted by Gasteiger charge is 2.19. The first-order valence-electron chi connectivity index (χ1n) is 11.5. The van der Waals surface area contributed by atoms with Gasteiger partial charge in [-0.3, -0.25) is 14.3 Å². The number of fused-ring (bicyclic) bond motifs is 1. The third-order valence-corrected chi connectivity index (χ3v) is 6.28. The van der Waals surface area contributed by atoms with Gasteiger partial charge in [-0.15, -0.1) is 0 Å². The zero-order valence-corrected chi connectivity index (χ0v) is 19.4. The molecular formula is C27H26N6O2. The minimum Gasteiger partial charge on any atom is -0.383 e. The van der Waals surface area contributed by atoms with E-state index in [1.807, 2.05) is 49.4 Å². The number of anilines is 3. The van der Waals surface area contributed by atoms with Gasteiger partial charge in [0.25, 0.3) is 0 Å².